The highest BCUT2D eigenvalue weighted by Gasteiger charge is 2.35. The number of carbonyl (C=O) groups excluding carboxylic acids is 1. The third kappa shape index (κ3) is 5.16. The van der Waals surface area contributed by atoms with Crippen molar-refractivity contribution in [3.8, 4) is 17.6 Å². The largest absolute Gasteiger partial charge is 0.497 e. The Morgan fingerprint density at radius 1 is 1.19 bits per heavy atom. The van der Waals surface area contributed by atoms with E-state index in [1.807, 2.05) is 0 Å². The summed E-state index contributed by atoms with van der Waals surface area (Å²) in [4.78, 5) is 12.8. The van der Waals surface area contributed by atoms with Crippen LogP contribution in [0, 0.1) is 17.2 Å². The lowest BCUT2D eigenvalue weighted by Crippen LogP contribution is -2.43. The van der Waals surface area contributed by atoms with E-state index in [4.69, 9.17) is 14.7 Å². The number of hydrogen-bond acceptors (Lipinski definition) is 6. The van der Waals surface area contributed by atoms with Crippen molar-refractivity contribution in [3.63, 3.8) is 0 Å². The fourth-order valence-electron chi connectivity index (χ4n) is 3.54. The molecule has 2 aromatic carbocycles. The first-order valence-corrected chi connectivity index (χ1v) is 11.3. The van der Waals surface area contributed by atoms with Gasteiger partial charge in [0, 0.05) is 24.8 Å². The van der Waals surface area contributed by atoms with E-state index in [0.29, 0.717) is 37.2 Å². The number of methoxy groups -OCH3 is 2. The fraction of sp³-hybridized carbons (Fsp3) is 0.364. The lowest BCUT2D eigenvalue weighted by Gasteiger charge is -2.31. The minimum atomic E-state index is -3.87. The maximum atomic E-state index is 13.3. The molecule has 2 aromatic rings. The number of rotatable bonds is 7. The van der Waals surface area contributed by atoms with Gasteiger partial charge < -0.3 is 14.8 Å². The highest BCUT2D eigenvalue weighted by molar-refractivity contribution is 7.89. The van der Waals surface area contributed by atoms with Crippen molar-refractivity contribution < 1.29 is 22.7 Å². The summed E-state index contributed by atoms with van der Waals surface area (Å²) in [7, 11) is -0.994. The van der Waals surface area contributed by atoms with Crippen LogP contribution >= 0.6 is 0 Å². The van der Waals surface area contributed by atoms with Gasteiger partial charge in [0.15, 0.2) is 0 Å². The Bertz CT molecular complexity index is 1080. The highest BCUT2D eigenvalue weighted by atomic mass is 32.2. The predicted molar refractivity (Wildman–Crippen MR) is 115 cm³/mol. The molecule has 9 heteroatoms. The fourth-order valence-corrected chi connectivity index (χ4v) is 5.24. The Kier molecular flexibility index (Phi) is 7.15. The Balaban J connectivity index is 1.75. The molecule has 1 heterocycles. The molecule has 1 saturated heterocycles. The van der Waals surface area contributed by atoms with Gasteiger partial charge in [-0.25, -0.2) is 8.42 Å². The van der Waals surface area contributed by atoms with Gasteiger partial charge in [0.1, 0.15) is 16.4 Å². The molecule has 1 amide bonds. The molecule has 1 fully saturated rings. The van der Waals surface area contributed by atoms with E-state index in [2.05, 4.69) is 11.4 Å². The molecule has 0 bridgehead atoms. The number of carbonyl (C=O) groups is 1. The van der Waals surface area contributed by atoms with E-state index in [1.54, 1.807) is 36.4 Å². The van der Waals surface area contributed by atoms with Crippen molar-refractivity contribution in [2.24, 2.45) is 5.92 Å². The summed E-state index contributed by atoms with van der Waals surface area (Å²) < 4.78 is 38.3. The van der Waals surface area contributed by atoms with E-state index in [9.17, 15) is 13.2 Å². The molecule has 1 N–H and O–H groups in total. The van der Waals surface area contributed by atoms with Gasteiger partial charge in [-0.15, -0.1) is 0 Å². The number of piperidine rings is 1. The number of ether oxygens (including phenoxy) is 2. The smallest absolute Gasteiger partial charge is 0.246 e. The molecule has 31 heavy (non-hydrogen) atoms. The number of nitrogens with zero attached hydrogens (tertiary/aromatic N) is 2. The van der Waals surface area contributed by atoms with Crippen molar-refractivity contribution in [1.82, 2.24) is 4.31 Å². The van der Waals surface area contributed by atoms with Gasteiger partial charge in [-0.3, -0.25) is 4.79 Å². The first kappa shape index (κ1) is 22.6. The zero-order chi connectivity index (χ0) is 22.4. The lowest BCUT2D eigenvalue weighted by atomic mass is 9.98. The lowest BCUT2D eigenvalue weighted by molar-refractivity contribution is -0.120. The summed E-state index contributed by atoms with van der Waals surface area (Å²) in [5.74, 6) is -0.0696. The summed E-state index contributed by atoms with van der Waals surface area (Å²) >= 11 is 0. The van der Waals surface area contributed by atoms with Crippen molar-refractivity contribution in [2.45, 2.75) is 24.2 Å². The Labute approximate surface area is 182 Å². The van der Waals surface area contributed by atoms with Crippen LogP contribution in [0.25, 0.3) is 0 Å². The molecular formula is C22H25N3O5S. The topological polar surface area (TPSA) is 109 Å². The van der Waals surface area contributed by atoms with Crippen LogP contribution < -0.4 is 14.8 Å². The number of anilines is 1. The van der Waals surface area contributed by atoms with Crippen LogP contribution in [0.1, 0.15) is 18.4 Å². The van der Waals surface area contributed by atoms with Gasteiger partial charge in [-0.2, -0.15) is 9.57 Å². The molecular weight excluding hydrogens is 418 g/mol. The second kappa shape index (κ2) is 9.81. The summed E-state index contributed by atoms with van der Waals surface area (Å²) in [5, 5.41) is 11.6. The Morgan fingerprint density at radius 3 is 2.58 bits per heavy atom. The summed E-state index contributed by atoms with van der Waals surface area (Å²) in [6.45, 7) is 0.413. The van der Waals surface area contributed by atoms with Gasteiger partial charge in [-0.05, 0) is 42.7 Å². The molecule has 164 valence electrons. The summed E-state index contributed by atoms with van der Waals surface area (Å²) in [6.07, 6.45) is 1.47. The Morgan fingerprint density at radius 2 is 1.94 bits per heavy atom. The van der Waals surface area contributed by atoms with Gasteiger partial charge in [0.2, 0.25) is 15.9 Å². The van der Waals surface area contributed by atoms with Gasteiger partial charge in [0.25, 0.3) is 0 Å². The SMILES string of the molecule is COc1ccc(OC)c(S(=O)(=O)N2CCCC(C(=O)Nc3ccc(CC#N)cc3)C2)c1. The number of nitrogens with one attached hydrogen (secondary N) is 1. The molecule has 0 aliphatic carbocycles. The number of hydrogen-bond donors (Lipinski definition) is 1. The van der Waals surface area contributed by atoms with Crippen molar-refractivity contribution in [2.75, 3.05) is 32.6 Å². The van der Waals surface area contributed by atoms with Crippen molar-refractivity contribution in [1.29, 1.82) is 5.26 Å². The maximum absolute atomic E-state index is 13.3. The van der Waals surface area contributed by atoms with E-state index >= 15 is 0 Å². The summed E-state index contributed by atoms with van der Waals surface area (Å²) in [6, 6.07) is 13.7. The first-order chi connectivity index (χ1) is 14.9. The molecule has 1 atom stereocenters. The number of amides is 1. The molecule has 0 spiro atoms. The maximum Gasteiger partial charge on any atom is 0.246 e. The first-order valence-electron chi connectivity index (χ1n) is 9.88. The minimum absolute atomic E-state index is 0.0171. The number of nitriles is 1. The van der Waals surface area contributed by atoms with Gasteiger partial charge in [-0.1, -0.05) is 12.1 Å². The number of benzene rings is 2. The standard InChI is InChI=1S/C22H25N3O5S/c1-29-19-9-10-20(30-2)21(14-19)31(27,28)25-13-3-4-17(15-25)22(26)24-18-7-5-16(6-8-18)11-12-23/h5-10,14,17H,3-4,11,13,15H2,1-2H3,(H,24,26). The molecule has 0 saturated carbocycles. The molecule has 0 radical (unpaired) electrons. The van der Waals surface area contributed by atoms with Crippen LogP contribution in [0.3, 0.4) is 0 Å². The van der Waals surface area contributed by atoms with Crippen LogP contribution in [-0.2, 0) is 21.2 Å². The second-order valence-electron chi connectivity index (χ2n) is 7.24. The third-order valence-electron chi connectivity index (χ3n) is 5.25. The molecule has 1 unspecified atom stereocenters. The van der Waals surface area contributed by atoms with Crippen LogP contribution in [0.5, 0.6) is 11.5 Å². The number of sulfonamides is 1. The molecule has 0 aromatic heterocycles. The monoisotopic (exact) mass is 443 g/mol. The minimum Gasteiger partial charge on any atom is -0.497 e. The molecule has 1 aliphatic heterocycles. The third-order valence-corrected chi connectivity index (χ3v) is 7.13. The van der Waals surface area contributed by atoms with Crippen molar-refractivity contribution >= 4 is 21.6 Å². The predicted octanol–water partition coefficient (Wildman–Crippen LogP) is 2.81. The molecule has 3 rings (SSSR count). The van der Waals surface area contributed by atoms with Crippen LogP contribution in [0.4, 0.5) is 5.69 Å². The van der Waals surface area contributed by atoms with E-state index in [1.165, 1.54) is 24.6 Å². The average Bonchev–Trinajstić information content (AvgIpc) is 2.80. The zero-order valence-electron chi connectivity index (χ0n) is 17.5. The van der Waals surface area contributed by atoms with E-state index in [-0.39, 0.29) is 23.1 Å². The van der Waals surface area contributed by atoms with Gasteiger partial charge in [0.05, 0.1) is 32.6 Å². The van der Waals surface area contributed by atoms with Crippen LogP contribution in [0.15, 0.2) is 47.4 Å². The second-order valence-corrected chi connectivity index (χ2v) is 9.15. The van der Waals surface area contributed by atoms with Gasteiger partial charge >= 0.3 is 0 Å². The van der Waals surface area contributed by atoms with Crippen molar-refractivity contribution in [3.05, 3.63) is 48.0 Å². The van der Waals surface area contributed by atoms with Crippen LogP contribution in [0.2, 0.25) is 0 Å². The zero-order valence-corrected chi connectivity index (χ0v) is 18.3. The van der Waals surface area contributed by atoms with Crippen LogP contribution in [-0.4, -0.2) is 45.9 Å². The highest BCUT2D eigenvalue weighted by Crippen LogP contribution is 2.32. The summed E-state index contributed by atoms with van der Waals surface area (Å²) in [5.41, 5.74) is 1.48. The average molecular weight is 444 g/mol. The van der Waals surface area contributed by atoms with E-state index in [0.717, 1.165) is 5.56 Å². The Hall–Kier alpha value is -3.09. The normalized spacial score (nSPS) is 16.9. The molecule has 1 aliphatic rings. The molecule has 8 nitrogen and oxygen atoms in total. The van der Waals surface area contributed by atoms with E-state index < -0.39 is 15.9 Å². The quantitative estimate of drug-likeness (QED) is 0.705.